The van der Waals surface area contributed by atoms with Crippen molar-refractivity contribution in [1.29, 1.82) is 0 Å². The Morgan fingerprint density at radius 2 is 2.07 bits per heavy atom. The van der Waals surface area contributed by atoms with Gasteiger partial charge in [0, 0.05) is 0 Å². The summed E-state index contributed by atoms with van der Waals surface area (Å²) >= 11 is 0. The van der Waals surface area contributed by atoms with E-state index in [1.54, 1.807) is 12.1 Å². The standard InChI is InChI=1S/C9H12FNO3/c10-8-3-1-2-4-9(8)13-5-7(12)6-14-11/h1-4,7,12H,5-6,11H2. The number of nitrogens with two attached hydrogens (primary N) is 1. The number of aliphatic hydroxyl groups excluding tert-OH is 1. The van der Waals surface area contributed by atoms with Crippen LogP contribution in [0.5, 0.6) is 5.75 Å². The minimum Gasteiger partial charge on any atom is -0.488 e. The van der Waals surface area contributed by atoms with Crippen LogP contribution in [-0.4, -0.2) is 24.4 Å². The predicted octanol–water partition coefficient (Wildman–Crippen LogP) is 0.456. The lowest BCUT2D eigenvalue weighted by Gasteiger charge is -2.11. The highest BCUT2D eigenvalue weighted by atomic mass is 19.1. The van der Waals surface area contributed by atoms with E-state index in [0.29, 0.717) is 0 Å². The Hall–Kier alpha value is -1.17. The van der Waals surface area contributed by atoms with Crippen LogP contribution < -0.4 is 10.6 Å². The van der Waals surface area contributed by atoms with Crippen LogP contribution in [0.1, 0.15) is 0 Å². The highest BCUT2D eigenvalue weighted by Crippen LogP contribution is 2.15. The fraction of sp³-hybridized carbons (Fsp3) is 0.333. The summed E-state index contributed by atoms with van der Waals surface area (Å²) in [5, 5.41) is 9.15. The fourth-order valence-electron chi connectivity index (χ4n) is 0.907. The van der Waals surface area contributed by atoms with Crippen LogP contribution in [0.4, 0.5) is 4.39 Å². The molecule has 1 rings (SSSR count). The summed E-state index contributed by atoms with van der Waals surface area (Å²) in [6.07, 6.45) is -0.861. The normalized spacial score (nSPS) is 12.5. The lowest BCUT2D eigenvalue weighted by molar-refractivity contribution is 0.0109. The summed E-state index contributed by atoms with van der Waals surface area (Å²) in [4.78, 5) is 4.20. The van der Waals surface area contributed by atoms with E-state index in [-0.39, 0.29) is 19.0 Å². The molecule has 0 aliphatic heterocycles. The third kappa shape index (κ3) is 3.29. The average Bonchev–Trinajstić information content (AvgIpc) is 2.17. The number of para-hydroxylation sites is 1. The maximum atomic E-state index is 13.0. The molecular formula is C9H12FNO3. The quantitative estimate of drug-likeness (QED) is 0.679. The van der Waals surface area contributed by atoms with Gasteiger partial charge in [0.15, 0.2) is 11.6 Å². The van der Waals surface area contributed by atoms with Crippen molar-refractivity contribution in [2.24, 2.45) is 5.90 Å². The number of benzene rings is 1. The third-order valence-corrected chi connectivity index (χ3v) is 1.56. The molecule has 0 amide bonds. The van der Waals surface area contributed by atoms with Gasteiger partial charge in [0.05, 0.1) is 6.61 Å². The molecule has 0 aromatic heterocycles. The second-order valence-electron chi connectivity index (χ2n) is 2.73. The van der Waals surface area contributed by atoms with E-state index in [4.69, 9.17) is 15.7 Å². The summed E-state index contributed by atoms with van der Waals surface area (Å²) in [6, 6.07) is 5.96. The zero-order valence-corrected chi connectivity index (χ0v) is 7.52. The van der Waals surface area contributed by atoms with E-state index >= 15 is 0 Å². The van der Waals surface area contributed by atoms with Gasteiger partial charge in [-0.05, 0) is 12.1 Å². The van der Waals surface area contributed by atoms with Crippen molar-refractivity contribution in [3.8, 4) is 5.75 Å². The smallest absolute Gasteiger partial charge is 0.165 e. The Morgan fingerprint density at radius 3 is 2.71 bits per heavy atom. The molecular weight excluding hydrogens is 189 g/mol. The summed E-state index contributed by atoms with van der Waals surface area (Å²) < 4.78 is 18.0. The molecule has 1 atom stereocenters. The molecule has 0 saturated carbocycles. The highest BCUT2D eigenvalue weighted by molar-refractivity contribution is 5.23. The number of hydrogen-bond donors (Lipinski definition) is 2. The van der Waals surface area contributed by atoms with Gasteiger partial charge < -0.3 is 14.7 Å². The van der Waals surface area contributed by atoms with Gasteiger partial charge in [0.25, 0.3) is 0 Å². The van der Waals surface area contributed by atoms with Crippen LogP contribution in [-0.2, 0) is 4.84 Å². The second-order valence-corrected chi connectivity index (χ2v) is 2.73. The van der Waals surface area contributed by atoms with E-state index in [1.807, 2.05) is 0 Å². The van der Waals surface area contributed by atoms with E-state index in [9.17, 15) is 4.39 Å². The van der Waals surface area contributed by atoms with Crippen molar-refractivity contribution in [2.75, 3.05) is 13.2 Å². The molecule has 0 radical (unpaired) electrons. The molecule has 1 unspecified atom stereocenters. The number of ether oxygens (including phenoxy) is 1. The monoisotopic (exact) mass is 201 g/mol. The van der Waals surface area contributed by atoms with Gasteiger partial charge in [-0.3, -0.25) is 0 Å². The maximum absolute atomic E-state index is 13.0. The van der Waals surface area contributed by atoms with Gasteiger partial charge in [-0.1, -0.05) is 12.1 Å². The Bertz CT molecular complexity index is 283. The molecule has 78 valence electrons. The van der Waals surface area contributed by atoms with E-state index < -0.39 is 11.9 Å². The predicted molar refractivity (Wildman–Crippen MR) is 48.0 cm³/mol. The molecule has 0 fully saturated rings. The molecule has 0 spiro atoms. The van der Waals surface area contributed by atoms with Gasteiger partial charge >= 0.3 is 0 Å². The largest absolute Gasteiger partial charge is 0.488 e. The molecule has 1 aromatic carbocycles. The Balaban J connectivity index is 2.41. The first-order valence-electron chi connectivity index (χ1n) is 4.11. The van der Waals surface area contributed by atoms with E-state index in [0.717, 1.165) is 0 Å². The van der Waals surface area contributed by atoms with Crippen molar-refractivity contribution >= 4 is 0 Å². The lowest BCUT2D eigenvalue weighted by Crippen LogP contribution is -2.25. The van der Waals surface area contributed by atoms with E-state index in [1.165, 1.54) is 12.1 Å². The molecule has 3 N–H and O–H groups in total. The van der Waals surface area contributed by atoms with Crippen molar-refractivity contribution in [2.45, 2.75) is 6.10 Å². The average molecular weight is 201 g/mol. The van der Waals surface area contributed by atoms with Crippen molar-refractivity contribution in [3.63, 3.8) is 0 Å². The van der Waals surface area contributed by atoms with Crippen LogP contribution in [0.15, 0.2) is 24.3 Å². The number of aliphatic hydroxyl groups is 1. The van der Waals surface area contributed by atoms with Gasteiger partial charge in [0.2, 0.25) is 0 Å². The van der Waals surface area contributed by atoms with Gasteiger partial charge in [-0.15, -0.1) is 0 Å². The molecule has 0 saturated heterocycles. The Labute approximate surface area is 81.0 Å². The first-order valence-corrected chi connectivity index (χ1v) is 4.11. The molecule has 0 heterocycles. The van der Waals surface area contributed by atoms with Crippen LogP contribution in [0.3, 0.4) is 0 Å². The third-order valence-electron chi connectivity index (χ3n) is 1.56. The van der Waals surface area contributed by atoms with Crippen molar-refractivity contribution < 1.29 is 19.1 Å². The van der Waals surface area contributed by atoms with Gasteiger partial charge in [-0.25, -0.2) is 10.3 Å². The minimum absolute atomic E-state index is 0.0472. The molecule has 14 heavy (non-hydrogen) atoms. The fourth-order valence-corrected chi connectivity index (χ4v) is 0.907. The first-order chi connectivity index (χ1) is 6.74. The van der Waals surface area contributed by atoms with Crippen LogP contribution in [0, 0.1) is 5.82 Å². The van der Waals surface area contributed by atoms with Crippen LogP contribution in [0.2, 0.25) is 0 Å². The topological polar surface area (TPSA) is 64.7 Å². The molecule has 4 nitrogen and oxygen atoms in total. The number of rotatable bonds is 5. The summed E-state index contributed by atoms with van der Waals surface area (Å²) in [7, 11) is 0. The highest BCUT2D eigenvalue weighted by Gasteiger charge is 2.07. The number of halogens is 1. The number of hydrogen-bond acceptors (Lipinski definition) is 4. The molecule has 1 aromatic rings. The van der Waals surface area contributed by atoms with E-state index in [2.05, 4.69) is 4.84 Å². The van der Waals surface area contributed by atoms with Crippen LogP contribution in [0.25, 0.3) is 0 Å². The first kappa shape index (κ1) is 10.9. The zero-order valence-electron chi connectivity index (χ0n) is 7.52. The molecule has 0 aliphatic rings. The lowest BCUT2D eigenvalue weighted by atomic mass is 10.3. The molecule has 0 bridgehead atoms. The minimum atomic E-state index is -0.861. The second kappa shape index (κ2) is 5.54. The maximum Gasteiger partial charge on any atom is 0.165 e. The zero-order chi connectivity index (χ0) is 10.4. The Kier molecular flexibility index (Phi) is 4.31. The summed E-state index contributed by atoms with van der Waals surface area (Å²) in [6.45, 7) is -0.105. The summed E-state index contributed by atoms with van der Waals surface area (Å²) in [5.74, 6) is 4.37. The van der Waals surface area contributed by atoms with Crippen molar-refractivity contribution in [3.05, 3.63) is 30.1 Å². The SMILES string of the molecule is NOCC(O)COc1ccccc1F. The molecule has 5 heteroatoms. The Morgan fingerprint density at radius 1 is 1.36 bits per heavy atom. The van der Waals surface area contributed by atoms with Gasteiger partial charge in [0.1, 0.15) is 12.7 Å². The van der Waals surface area contributed by atoms with Gasteiger partial charge in [-0.2, -0.15) is 0 Å². The van der Waals surface area contributed by atoms with Crippen molar-refractivity contribution in [1.82, 2.24) is 0 Å². The molecule has 0 aliphatic carbocycles. The van der Waals surface area contributed by atoms with Crippen LogP contribution >= 0.6 is 0 Å². The summed E-state index contributed by atoms with van der Waals surface area (Å²) in [5.41, 5.74) is 0.